The van der Waals surface area contributed by atoms with E-state index in [1.54, 1.807) is 11.1 Å². The lowest BCUT2D eigenvalue weighted by Crippen LogP contribution is -2.38. The second-order valence-electron chi connectivity index (χ2n) is 16.9. The minimum atomic E-state index is -3.67. The maximum atomic E-state index is 13.3. The van der Waals surface area contributed by atoms with Gasteiger partial charge in [0.1, 0.15) is 0 Å². The molecular formula is C42H78N4O8P2S2. The molecule has 3 aliphatic rings. The molecule has 1 amide bonds. The summed E-state index contributed by atoms with van der Waals surface area (Å²) in [6, 6.07) is -0.412. The van der Waals surface area contributed by atoms with E-state index in [1.165, 1.54) is 51.4 Å². The minimum absolute atomic E-state index is 0.0190. The Morgan fingerprint density at radius 1 is 0.879 bits per heavy atom. The number of fused-ring (bicyclic) bond motifs is 5. The van der Waals surface area contributed by atoms with Gasteiger partial charge >= 0.3 is 13.6 Å². The van der Waals surface area contributed by atoms with E-state index in [-0.39, 0.29) is 37.7 Å². The molecule has 2 heterocycles. The molecule has 2 bridgehead atoms. The predicted octanol–water partition coefficient (Wildman–Crippen LogP) is 12.5. The van der Waals surface area contributed by atoms with Crippen LogP contribution in [0.15, 0.2) is 29.2 Å². The smallest absolute Gasteiger partial charge is 0.386 e. The highest BCUT2D eigenvalue weighted by Gasteiger charge is 2.36. The van der Waals surface area contributed by atoms with E-state index in [4.69, 9.17) is 23.6 Å². The number of allylic oxidation sites excluding steroid dienone is 3. The Hall–Kier alpha value is -0.690. The number of unbranched alkanes of at least 4 members (excludes halogenated alkanes) is 1. The highest BCUT2D eigenvalue weighted by molar-refractivity contribution is 8.44. The number of hydrogen-bond acceptors (Lipinski definition) is 11. The molecule has 5 unspecified atom stereocenters. The van der Waals surface area contributed by atoms with Crippen LogP contribution in [0.2, 0.25) is 0 Å². The van der Waals surface area contributed by atoms with Crippen molar-refractivity contribution >= 4 is 44.0 Å². The maximum Gasteiger partial charge on any atom is 0.386 e. The number of carbonyl (C=O) groups is 1. The molecule has 0 aromatic carbocycles. The third-order valence-corrected chi connectivity index (χ3v) is 15.2. The van der Waals surface area contributed by atoms with Gasteiger partial charge in [-0.15, -0.1) is 0 Å². The summed E-state index contributed by atoms with van der Waals surface area (Å²) in [5.74, 6) is 1.18. The molecule has 0 aromatic rings. The third-order valence-electron chi connectivity index (χ3n) is 11.8. The van der Waals surface area contributed by atoms with Gasteiger partial charge in [-0.1, -0.05) is 121 Å². The number of nitrogens with zero attached hydrogens (tertiary/aromatic N) is 2. The van der Waals surface area contributed by atoms with Gasteiger partial charge in [-0.2, -0.15) is 5.11 Å². The largest absolute Gasteiger partial charge is 0.391 e. The summed E-state index contributed by atoms with van der Waals surface area (Å²) >= 11 is 8.59. The molecule has 1 aliphatic carbocycles. The van der Waals surface area contributed by atoms with Gasteiger partial charge in [0.15, 0.2) is 0 Å². The van der Waals surface area contributed by atoms with E-state index < -0.39 is 25.7 Å². The van der Waals surface area contributed by atoms with E-state index in [0.717, 1.165) is 77.0 Å². The maximum absolute atomic E-state index is 13.3. The molecule has 3 rings (SSSR count). The van der Waals surface area contributed by atoms with Crippen molar-refractivity contribution in [2.75, 3.05) is 26.3 Å². The number of aliphatic hydroxyl groups excluding tert-OH is 1. The van der Waals surface area contributed by atoms with E-state index in [1.807, 2.05) is 6.92 Å². The van der Waals surface area contributed by atoms with Crippen LogP contribution in [0.25, 0.3) is 0 Å². The van der Waals surface area contributed by atoms with Crippen LogP contribution in [0.3, 0.4) is 0 Å². The van der Waals surface area contributed by atoms with Gasteiger partial charge in [-0.05, 0) is 95.8 Å². The molecule has 336 valence electrons. The minimum Gasteiger partial charge on any atom is -0.391 e. The van der Waals surface area contributed by atoms with Gasteiger partial charge in [0.25, 0.3) is 0 Å². The van der Waals surface area contributed by atoms with E-state index in [2.05, 4.69) is 54.0 Å². The molecule has 1 saturated heterocycles. The van der Waals surface area contributed by atoms with E-state index >= 15 is 0 Å². The number of hydrogen-bond donors (Lipinski definition) is 5. The van der Waals surface area contributed by atoms with Gasteiger partial charge in [0.2, 0.25) is 5.91 Å². The van der Waals surface area contributed by atoms with Gasteiger partial charge in [-0.3, -0.25) is 18.4 Å². The van der Waals surface area contributed by atoms with Crippen LogP contribution in [0.4, 0.5) is 0 Å². The molecule has 1 saturated carbocycles. The molecule has 58 heavy (non-hydrogen) atoms. The molecule has 0 spiro atoms. The van der Waals surface area contributed by atoms with Crippen molar-refractivity contribution in [1.29, 1.82) is 5.53 Å². The number of aliphatic hydroxyl groups is 1. The van der Waals surface area contributed by atoms with Gasteiger partial charge in [0, 0.05) is 25.7 Å². The monoisotopic (exact) mass is 892 g/mol. The number of rotatable bonds is 4. The first kappa shape index (κ1) is 51.7. The van der Waals surface area contributed by atoms with Crippen LogP contribution < -0.4 is 5.32 Å². The van der Waals surface area contributed by atoms with Crippen molar-refractivity contribution in [3.63, 3.8) is 0 Å². The van der Waals surface area contributed by atoms with E-state index in [9.17, 15) is 19.0 Å². The average molecular weight is 893 g/mol. The highest BCUT2D eigenvalue weighted by Crippen LogP contribution is 2.56. The average Bonchev–Trinajstić information content (AvgIpc) is 3.60. The summed E-state index contributed by atoms with van der Waals surface area (Å²) in [6.45, 7) is -1.96. The molecule has 16 heteroatoms. The zero-order chi connectivity index (χ0) is 42.1. The SMILES string of the molecule is CCCCC1CCCCC/C=C\CC2CCCCC(CCC2)OP(=O)(S)OCCCCC/C(N=N)=C/NCCCC(=O)N2C[C@@H](O)C[C@H]2COP(=O)(S)O[C@@H](C)CC1. The lowest BCUT2D eigenvalue weighted by atomic mass is 9.90. The fraction of sp³-hybridized carbons (Fsp3) is 0.881. The van der Waals surface area contributed by atoms with Crippen molar-refractivity contribution in [3.05, 3.63) is 24.0 Å². The van der Waals surface area contributed by atoms with Crippen LogP contribution in [0.1, 0.15) is 174 Å². The number of thiol groups is 2. The van der Waals surface area contributed by atoms with E-state index in [0.29, 0.717) is 56.4 Å². The van der Waals surface area contributed by atoms with Crippen LogP contribution in [0.5, 0.6) is 0 Å². The number of nitrogens with one attached hydrogen (secondary N) is 2. The molecule has 12 nitrogen and oxygen atoms in total. The Morgan fingerprint density at radius 2 is 1.62 bits per heavy atom. The fourth-order valence-corrected chi connectivity index (χ4v) is 11.7. The third kappa shape index (κ3) is 23.0. The lowest BCUT2D eigenvalue weighted by Gasteiger charge is -2.26. The first-order chi connectivity index (χ1) is 27.9. The summed E-state index contributed by atoms with van der Waals surface area (Å²) in [6.07, 6.45) is 29.3. The zero-order valence-corrected chi connectivity index (χ0v) is 39.3. The van der Waals surface area contributed by atoms with Crippen LogP contribution in [0, 0.1) is 17.4 Å². The van der Waals surface area contributed by atoms with Crippen molar-refractivity contribution < 1.29 is 37.1 Å². The Morgan fingerprint density at radius 3 is 2.43 bits per heavy atom. The summed E-state index contributed by atoms with van der Waals surface area (Å²) in [4.78, 5) is 14.8. The molecule has 0 radical (unpaired) electrons. The molecule has 8 atom stereocenters. The van der Waals surface area contributed by atoms with Crippen LogP contribution >= 0.6 is 38.1 Å². The van der Waals surface area contributed by atoms with Crippen molar-refractivity contribution in [3.8, 4) is 0 Å². The Bertz CT molecular complexity index is 1330. The fourth-order valence-electron chi connectivity index (χ4n) is 8.41. The van der Waals surface area contributed by atoms with Crippen molar-refractivity contribution in [2.24, 2.45) is 17.0 Å². The molecular weight excluding hydrogens is 815 g/mol. The molecule has 0 aromatic heterocycles. The Balaban J connectivity index is 1.57. The van der Waals surface area contributed by atoms with Gasteiger partial charge in [0.05, 0.1) is 43.3 Å². The number of carbonyl (C=O) groups excluding carboxylic acids is 1. The van der Waals surface area contributed by atoms with Crippen LogP contribution in [-0.2, 0) is 32.0 Å². The summed E-state index contributed by atoms with van der Waals surface area (Å²) < 4.78 is 49.6. The first-order valence-electron chi connectivity index (χ1n) is 22.6. The Labute approximate surface area is 361 Å². The normalized spacial score (nSPS) is 35.8. The first-order valence-corrected chi connectivity index (χ1v) is 28.0. The highest BCUT2D eigenvalue weighted by atomic mass is 32.7. The standard InChI is InChI=1S/C42H78N4O8P2S2/c1-3-4-18-37-20-11-8-6-5-7-10-19-36-21-13-14-24-41(25-16-22-36)54-55(49,57)51-30-15-9-12-23-38(45-43)32-44-29-17-26-42(48)46-33-40(47)31-39(46)34-52-56(50,58)53-35(2)27-28-37/h7,10,32,35-37,39-41,43-44,47H,3-6,8-9,11-31,33-34H2,1-2H3,(H,49,57)(H,50,58)/b10-7-,38-32-,45-43?/t35-,36?,37?,39-,40-,41?,55?,56?/m0/s1. The molecule has 2 fully saturated rings. The summed E-state index contributed by atoms with van der Waals surface area (Å²) in [5.41, 5.74) is 8.17. The second kappa shape index (κ2) is 29.6. The predicted molar refractivity (Wildman–Crippen MR) is 240 cm³/mol. The number of amides is 1. The molecule has 3 N–H and O–H groups in total. The van der Waals surface area contributed by atoms with Gasteiger partial charge in [-0.25, -0.2) is 14.7 Å². The second-order valence-corrected chi connectivity index (χ2v) is 22.7. The lowest BCUT2D eigenvalue weighted by molar-refractivity contribution is -0.133. The van der Waals surface area contributed by atoms with Crippen molar-refractivity contribution in [2.45, 2.75) is 199 Å². The molecule has 2 aliphatic heterocycles. The van der Waals surface area contributed by atoms with Gasteiger partial charge < -0.3 is 19.8 Å². The summed E-state index contributed by atoms with van der Waals surface area (Å²) in [7, 11) is 0. The van der Waals surface area contributed by atoms with Crippen LogP contribution in [-0.4, -0.2) is 66.6 Å². The zero-order valence-electron chi connectivity index (χ0n) is 35.7. The topological polar surface area (TPSA) is 160 Å². The quantitative estimate of drug-likeness (QED) is 0.0801. The van der Waals surface area contributed by atoms with Crippen molar-refractivity contribution in [1.82, 2.24) is 10.2 Å². The summed E-state index contributed by atoms with van der Waals surface area (Å²) in [5, 5.41) is 17.2. The Kier molecular flexibility index (Phi) is 26.3.